The van der Waals surface area contributed by atoms with Gasteiger partial charge in [0.15, 0.2) is 0 Å². The van der Waals surface area contributed by atoms with Crippen LogP contribution in [0.3, 0.4) is 0 Å². The summed E-state index contributed by atoms with van der Waals surface area (Å²) in [6.07, 6.45) is 10.3. The molecule has 0 saturated heterocycles. The Morgan fingerprint density at radius 2 is 2.31 bits per heavy atom. The van der Waals surface area contributed by atoms with Gasteiger partial charge in [0.05, 0.1) is 6.20 Å². The van der Waals surface area contributed by atoms with Gasteiger partial charge in [-0.25, -0.2) is 0 Å². The van der Waals surface area contributed by atoms with E-state index in [4.69, 9.17) is 5.73 Å². The van der Waals surface area contributed by atoms with Gasteiger partial charge in [-0.15, -0.1) is 0 Å². The maximum Gasteiger partial charge on any atom is 0.0521 e. The Hall–Kier alpha value is -0.830. The molecular formula is C13H23N3. The van der Waals surface area contributed by atoms with E-state index >= 15 is 0 Å². The van der Waals surface area contributed by atoms with Gasteiger partial charge < -0.3 is 5.73 Å². The van der Waals surface area contributed by atoms with E-state index in [1.54, 1.807) is 0 Å². The summed E-state index contributed by atoms with van der Waals surface area (Å²) < 4.78 is 1.88. The third-order valence-corrected chi connectivity index (χ3v) is 3.98. The van der Waals surface area contributed by atoms with E-state index in [9.17, 15) is 0 Å². The van der Waals surface area contributed by atoms with Crippen molar-refractivity contribution in [1.29, 1.82) is 0 Å². The van der Waals surface area contributed by atoms with Crippen LogP contribution < -0.4 is 5.73 Å². The summed E-state index contributed by atoms with van der Waals surface area (Å²) in [5.74, 6) is 1.55. The highest BCUT2D eigenvalue weighted by Gasteiger charge is 2.27. The zero-order chi connectivity index (χ0) is 11.5. The standard InChI is InChI=1S/C13H23N3/c1-3-10-4-5-13(14)12(6-10)7-11-8-15-16(2)9-11/h8-10,12-13H,3-7,14H2,1-2H3. The van der Waals surface area contributed by atoms with Crippen LogP contribution in [-0.2, 0) is 13.5 Å². The van der Waals surface area contributed by atoms with Gasteiger partial charge in [-0.2, -0.15) is 5.10 Å². The second-order valence-electron chi connectivity index (χ2n) is 5.24. The van der Waals surface area contributed by atoms with Crippen molar-refractivity contribution in [2.45, 2.75) is 45.1 Å². The molecule has 2 rings (SSSR count). The maximum atomic E-state index is 6.22. The average Bonchev–Trinajstić information content (AvgIpc) is 2.67. The molecule has 1 saturated carbocycles. The monoisotopic (exact) mass is 221 g/mol. The molecule has 3 unspecified atom stereocenters. The molecule has 1 heterocycles. The van der Waals surface area contributed by atoms with Crippen molar-refractivity contribution in [1.82, 2.24) is 9.78 Å². The summed E-state index contributed by atoms with van der Waals surface area (Å²) in [6, 6.07) is 0.392. The van der Waals surface area contributed by atoms with E-state index in [0.29, 0.717) is 12.0 Å². The van der Waals surface area contributed by atoms with Gasteiger partial charge in [-0.1, -0.05) is 13.3 Å². The molecule has 0 aliphatic heterocycles. The Balaban J connectivity index is 1.96. The van der Waals surface area contributed by atoms with Gasteiger partial charge in [0.25, 0.3) is 0 Å². The van der Waals surface area contributed by atoms with Crippen molar-refractivity contribution in [2.75, 3.05) is 0 Å². The third kappa shape index (κ3) is 2.64. The third-order valence-electron chi connectivity index (χ3n) is 3.98. The van der Waals surface area contributed by atoms with Gasteiger partial charge in [0.2, 0.25) is 0 Å². The first-order valence-electron chi connectivity index (χ1n) is 6.42. The van der Waals surface area contributed by atoms with Crippen molar-refractivity contribution in [3.8, 4) is 0 Å². The molecule has 0 bridgehead atoms. The molecule has 2 N–H and O–H groups in total. The minimum Gasteiger partial charge on any atom is -0.327 e. The Morgan fingerprint density at radius 1 is 1.50 bits per heavy atom. The highest BCUT2D eigenvalue weighted by atomic mass is 15.2. The van der Waals surface area contributed by atoms with Gasteiger partial charge in [-0.05, 0) is 43.1 Å². The van der Waals surface area contributed by atoms with Crippen LogP contribution in [0.25, 0.3) is 0 Å². The fourth-order valence-electron chi connectivity index (χ4n) is 2.87. The molecule has 90 valence electrons. The fraction of sp³-hybridized carbons (Fsp3) is 0.769. The lowest BCUT2D eigenvalue weighted by Crippen LogP contribution is -2.37. The van der Waals surface area contributed by atoms with Crippen molar-refractivity contribution < 1.29 is 0 Å². The van der Waals surface area contributed by atoms with Crippen LogP contribution in [0.2, 0.25) is 0 Å². The summed E-state index contributed by atoms with van der Waals surface area (Å²) in [5, 5.41) is 4.22. The van der Waals surface area contributed by atoms with Crippen LogP contribution in [0.5, 0.6) is 0 Å². The predicted octanol–water partition coefficient (Wildman–Crippen LogP) is 2.12. The number of nitrogens with zero attached hydrogens (tertiary/aromatic N) is 2. The molecule has 0 aromatic carbocycles. The van der Waals surface area contributed by atoms with Crippen molar-refractivity contribution in [3.05, 3.63) is 18.0 Å². The molecule has 1 aliphatic rings. The lowest BCUT2D eigenvalue weighted by atomic mass is 9.75. The molecule has 1 fully saturated rings. The van der Waals surface area contributed by atoms with Crippen LogP contribution in [0, 0.1) is 11.8 Å². The number of aryl methyl sites for hydroxylation is 1. The summed E-state index contributed by atoms with van der Waals surface area (Å²) in [7, 11) is 1.97. The summed E-state index contributed by atoms with van der Waals surface area (Å²) in [5.41, 5.74) is 7.56. The first-order valence-corrected chi connectivity index (χ1v) is 6.42. The summed E-state index contributed by atoms with van der Waals surface area (Å²) in [4.78, 5) is 0. The second kappa shape index (κ2) is 5.00. The molecule has 3 atom stereocenters. The normalized spacial score (nSPS) is 30.6. The Bertz CT molecular complexity index is 332. The van der Waals surface area contributed by atoms with Crippen LogP contribution in [0.4, 0.5) is 0 Å². The van der Waals surface area contributed by atoms with Crippen molar-refractivity contribution in [3.63, 3.8) is 0 Å². The zero-order valence-corrected chi connectivity index (χ0v) is 10.4. The molecule has 1 aliphatic carbocycles. The second-order valence-corrected chi connectivity index (χ2v) is 5.24. The minimum absolute atomic E-state index is 0.392. The molecule has 0 radical (unpaired) electrons. The Kier molecular flexibility index (Phi) is 3.64. The van der Waals surface area contributed by atoms with E-state index in [1.807, 2.05) is 17.9 Å². The number of aromatic nitrogens is 2. The predicted molar refractivity (Wildman–Crippen MR) is 66.0 cm³/mol. The van der Waals surface area contributed by atoms with E-state index < -0.39 is 0 Å². The van der Waals surface area contributed by atoms with E-state index in [-0.39, 0.29) is 0 Å². The van der Waals surface area contributed by atoms with Gasteiger partial charge in [-0.3, -0.25) is 4.68 Å². The minimum atomic E-state index is 0.392. The lowest BCUT2D eigenvalue weighted by Gasteiger charge is -2.33. The van der Waals surface area contributed by atoms with E-state index in [0.717, 1.165) is 12.3 Å². The largest absolute Gasteiger partial charge is 0.327 e. The van der Waals surface area contributed by atoms with Crippen LogP contribution >= 0.6 is 0 Å². The average molecular weight is 221 g/mol. The number of rotatable bonds is 3. The topological polar surface area (TPSA) is 43.8 Å². The molecule has 3 nitrogen and oxygen atoms in total. The molecule has 3 heteroatoms. The van der Waals surface area contributed by atoms with Gasteiger partial charge >= 0.3 is 0 Å². The number of hydrogen-bond donors (Lipinski definition) is 1. The van der Waals surface area contributed by atoms with E-state index in [1.165, 1.54) is 31.2 Å². The summed E-state index contributed by atoms with van der Waals surface area (Å²) >= 11 is 0. The van der Waals surface area contributed by atoms with Crippen LogP contribution in [0.1, 0.15) is 38.2 Å². The van der Waals surface area contributed by atoms with Crippen molar-refractivity contribution >= 4 is 0 Å². The highest BCUT2D eigenvalue weighted by Crippen LogP contribution is 2.32. The smallest absolute Gasteiger partial charge is 0.0521 e. The van der Waals surface area contributed by atoms with Gasteiger partial charge in [0, 0.05) is 19.3 Å². The van der Waals surface area contributed by atoms with Gasteiger partial charge in [0.1, 0.15) is 0 Å². The van der Waals surface area contributed by atoms with Crippen LogP contribution in [-0.4, -0.2) is 15.8 Å². The highest BCUT2D eigenvalue weighted by molar-refractivity contribution is 5.06. The first-order chi connectivity index (χ1) is 7.69. The first kappa shape index (κ1) is 11.6. The molecule has 0 spiro atoms. The number of hydrogen-bond acceptors (Lipinski definition) is 2. The maximum absolute atomic E-state index is 6.22. The fourth-order valence-corrected chi connectivity index (χ4v) is 2.87. The Morgan fingerprint density at radius 3 is 2.94 bits per heavy atom. The lowest BCUT2D eigenvalue weighted by molar-refractivity contribution is 0.227. The van der Waals surface area contributed by atoms with Crippen molar-refractivity contribution in [2.24, 2.45) is 24.6 Å². The quantitative estimate of drug-likeness (QED) is 0.849. The number of nitrogens with two attached hydrogens (primary N) is 1. The molecular weight excluding hydrogens is 198 g/mol. The molecule has 1 aromatic heterocycles. The molecule has 0 amide bonds. The Labute approximate surface area is 98.0 Å². The molecule has 1 aromatic rings. The summed E-state index contributed by atoms with van der Waals surface area (Å²) in [6.45, 7) is 2.29. The zero-order valence-electron chi connectivity index (χ0n) is 10.4. The SMILES string of the molecule is CCC1CCC(N)C(Cc2cnn(C)c2)C1. The molecule has 16 heavy (non-hydrogen) atoms. The van der Waals surface area contributed by atoms with E-state index in [2.05, 4.69) is 18.2 Å². The van der Waals surface area contributed by atoms with Crippen LogP contribution in [0.15, 0.2) is 12.4 Å².